The van der Waals surface area contributed by atoms with Crippen LogP contribution in [0.5, 0.6) is 0 Å². The molecule has 3 aromatic rings. The summed E-state index contributed by atoms with van der Waals surface area (Å²) in [5, 5.41) is 4.10. The number of ether oxygens (including phenoxy) is 1. The first-order valence-electron chi connectivity index (χ1n) is 10.5. The van der Waals surface area contributed by atoms with Gasteiger partial charge in [-0.15, -0.1) is 0 Å². The van der Waals surface area contributed by atoms with E-state index in [0.717, 1.165) is 30.4 Å². The van der Waals surface area contributed by atoms with E-state index in [4.69, 9.17) is 4.74 Å². The van der Waals surface area contributed by atoms with E-state index in [-0.39, 0.29) is 29.6 Å². The number of amides is 1. The van der Waals surface area contributed by atoms with Crippen molar-refractivity contribution in [2.24, 2.45) is 0 Å². The SMILES string of the molecule is O=C1N2C(CCC2c2ccc(F)cc2)OC12CCN(c1ccnc3c(F)cnn13)CC2. The molecule has 3 fully saturated rings. The van der Waals surface area contributed by atoms with Crippen LogP contribution in [0.25, 0.3) is 5.65 Å². The zero-order valence-electron chi connectivity index (χ0n) is 16.7. The molecule has 3 aliphatic rings. The van der Waals surface area contributed by atoms with Crippen LogP contribution >= 0.6 is 0 Å². The minimum absolute atomic E-state index is 0.0222. The molecule has 7 nitrogen and oxygen atoms in total. The second-order valence-electron chi connectivity index (χ2n) is 8.44. The number of rotatable bonds is 2. The van der Waals surface area contributed by atoms with Gasteiger partial charge in [-0.1, -0.05) is 12.1 Å². The Morgan fingerprint density at radius 2 is 1.84 bits per heavy atom. The molecule has 31 heavy (non-hydrogen) atoms. The van der Waals surface area contributed by atoms with Crippen LogP contribution in [0.4, 0.5) is 14.6 Å². The van der Waals surface area contributed by atoms with Crippen molar-refractivity contribution >= 4 is 17.4 Å². The second-order valence-corrected chi connectivity index (χ2v) is 8.44. The van der Waals surface area contributed by atoms with Gasteiger partial charge in [-0.25, -0.2) is 13.8 Å². The summed E-state index contributed by atoms with van der Waals surface area (Å²) in [4.78, 5) is 21.5. The third kappa shape index (κ3) is 2.76. The van der Waals surface area contributed by atoms with Gasteiger partial charge in [0.15, 0.2) is 17.1 Å². The van der Waals surface area contributed by atoms with Gasteiger partial charge in [-0.3, -0.25) is 4.79 Å². The predicted octanol–water partition coefficient (Wildman–Crippen LogP) is 3.07. The molecule has 0 bridgehead atoms. The minimum atomic E-state index is -0.832. The quantitative estimate of drug-likeness (QED) is 0.632. The number of piperidine rings is 1. The highest BCUT2D eigenvalue weighted by Gasteiger charge is 2.58. The van der Waals surface area contributed by atoms with E-state index in [9.17, 15) is 13.6 Å². The standard InChI is InChI=1S/C22H21F2N5O2/c23-15-3-1-14(2-4-15)17-5-6-19-28(17)21(30)22(31-19)8-11-27(12-9-22)18-7-10-25-20-16(24)13-26-29(18)20/h1-4,7,10,13,17,19H,5-6,8-9,11-12H2. The Labute approximate surface area is 177 Å². The molecule has 2 aromatic heterocycles. The molecule has 160 valence electrons. The number of benzene rings is 1. The fourth-order valence-electron chi connectivity index (χ4n) is 5.24. The molecule has 5 heterocycles. The molecular formula is C22H21F2N5O2. The van der Waals surface area contributed by atoms with Crippen molar-refractivity contribution in [3.63, 3.8) is 0 Å². The summed E-state index contributed by atoms with van der Waals surface area (Å²) in [6.07, 6.45) is 5.17. The van der Waals surface area contributed by atoms with E-state index in [2.05, 4.69) is 15.0 Å². The molecule has 0 radical (unpaired) electrons. The van der Waals surface area contributed by atoms with Crippen LogP contribution in [0.1, 0.15) is 37.3 Å². The Morgan fingerprint density at radius 3 is 2.61 bits per heavy atom. The molecule has 1 aromatic carbocycles. The predicted molar refractivity (Wildman–Crippen MR) is 107 cm³/mol. The van der Waals surface area contributed by atoms with Gasteiger partial charge in [-0.2, -0.15) is 9.61 Å². The van der Waals surface area contributed by atoms with Gasteiger partial charge in [0.25, 0.3) is 5.91 Å². The van der Waals surface area contributed by atoms with Crippen molar-refractivity contribution in [2.45, 2.75) is 43.6 Å². The van der Waals surface area contributed by atoms with Gasteiger partial charge in [0.1, 0.15) is 17.9 Å². The van der Waals surface area contributed by atoms with Crippen LogP contribution in [-0.4, -0.2) is 50.3 Å². The Bertz CT molecular complexity index is 1160. The fourth-order valence-corrected chi connectivity index (χ4v) is 5.24. The second kappa shape index (κ2) is 6.71. The normalized spacial score (nSPS) is 25.0. The molecule has 0 saturated carbocycles. The lowest BCUT2D eigenvalue weighted by atomic mass is 9.89. The third-order valence-corrected chi connectivity index (χ3v) is 6.81. The topological polar surface area (TPSA) is 63.0 Å². The van der Waals surface area contributed by atoms with Crippen LogP contribution in [-0.2, 0) is 9.53 Å². The number of aromatic nitrogens is 3. The van der Waals surface area contributed by atoms with Crippen molar-refractivity contribution in [3.8, 4) is 0 Å². The maximum absolute atomic E-state index is 13.9. The van der Waals surface area contributed by atoms with Crippen LogP contribution in [0, 0.1) is 11.6 Å². The highest BCUT2D eigenvalue weighted by atomic mass is 19.1. The van der Waals surface area contributed by atoms with Gasteiger partial charge in [0.2, 0.25) is 0 Å². The number of hydrogen-bond donors (Lipinski definition) is 0. The fraction of sp³-hybridized carbons (Fsp3) is 0.409. The zero-order valence-corrected chi connectivity index (χ0v) is 16.7. The molecule has 9 heteroatoms. The largest absolute Gasteiger partial charge is 0.356 e. The Kier molecular flexibility index (Phi) is 4.05. The van der Waals surface area contributed by atoms with Crippen molar-refractivity contribution in [1.82, 2.24) is 19.5 Å². The maximum Gasteiger partial charge on any atom is 0.257 e. The van der Waals surface area contributed by atoms with Gasteiger partial charge in [0.05, 0.1) is 12.2 Å². The average Bonchev–Trinajstić information content (AvgIpc) is 3.44. The molecule has 6 rings (SSSR count). The molecular weight excluding hydrogens is 404 g/mol. The van der Waals surface area contributed by atoms with Crippen LogP contribution in [0.3, 0.4) is 0 Å². The number of carbonyl (C=O) groups excluding carboxylic acids is 1. The molecule has 3 saturated heterocycles. The number of hydrogen-bond acceptors (Lipinski definition) is 5. The number of halogens is 2. The lowest BCUT2D eigenvalue weighted by Gasteiger charge is -2.38. The van der Waals surface area contributed by atoms with Crippen molar-refractivity contribution < 1.29 is 18.3 Å². The summed E-state index contributed by atoms with van der Waals surface area (Å²) in [7, 11) is 0. The smallest absolute Gasteiger partial charge is 0.257 e. The first-order valence-corrected chi connectivity index (χ1v) is 10.5. The Balaban J connectivity index is 1.23. The highest BCUT2D eigenvalue weighted by molar-refractivity contribution is 5.88. The molecule has 3 aliphatic heterocycles. The average molecular weight is 425 g/mol. The zero-order chi connectivity index (χ0) is 21.2. The Hall–Kier alpha value is -3.07. The van der Waals surface area contributed by atoms with E-state index >= 15 is 0 Å². The van der Waals surface area contributed by atoms with Crippen LogP contribution in [0.15, 0.2) is 42.7 Å². The van der Waals surface area contributed by atoms with E-state index in [0.29, 0.717) is 25.9 Å². The first kappa shape index (κ1) is 18.7. The van der Waals surface area contributed by atoms with Gasteiger partial charge < -0.3 is 14.5 Å². The van der Waals surface area contributed by atoms with Crippen molar-refractivity contribution in [2.75, 3.05) is 18.0 Å². The molecule has 1 amide bonds. The number of fused-ring (bicyclic) bond motifs is 2. The maximum atomic E-state index is 13.9. The lowest BCUT2D eigenvalue weighted by Crippen LogP contribution is -2.50. The summed E-state index contributed by atoms with van der Waals surface area (Å²) < 4.78 is 35.1. The van der Waals surface area contributed by atoms with E-state index < -0.39 is 11.4 Å². The van der Waals surface area contributed by atoms with E-state index in [1.165, 1.54) is 16.6 Å². The number of carbonyl (C=O) groups is 1. The number of anilines is 1. The van der Waals surface area contributed by atoms with Gasteiger partial charge >= 0.3 is 0 Å². The van der Waals surface area contributed by atoms with Gasteiger partial charge in [0, 0.05) is 32.1 Å². The highest BCUT2D eigenvalue weighted by Crippen LogP contribution is 2.47. The first-order chi connectivity index (χ1) is 15.1. The van der Waals surface area contributed by atoms with Crippen molar-refractivity contribution in [1.29, 1.82) is 0 Å². The lowest BCUT2D eigenvalue weighted by molar-refractivity contribution is -0.140. The molecule has 2 atom stereocenters. The molecule has 0 N–H and O–H groups in total. The summed E-state index contributed by atoms with van der Waals surface area (Å²) in [5.41, 5.74) is 0.297. The van der Waals surface area contributed by atoms with Crippen molar-refractivity contribution in [3.05, 3.63) is 59.9 Å². The third-order valence-electron chi connectivity index (χ3n) is 6.81. The summed E-state index contributed by atoms with van der Waals surface area (Å²) in [6.45, 7) is 1.18. The molecule has 1 spiro atoms. The summed E-state index contributed by atoms with van der Waals surface area (Å²) in [6, 6.07) is 8.10. The summed E-state index contributed by atoms with van der Waals surface area (Å²) >= 11 is 0. The molecule has 0 aliphatic carbocycles. The summed E-state index contributed by atoms with van der Waals surface area (Å²) in [5.74, 6) is 0.0263. The number of nitrogens with zero attached hydrogens (tertiary/aromatic N) is 5. The Morgan fingerprint density at radius 1 is 1.06 bits per heavy atom. The van der Waals surface area contributed by atoms with E-state index in [1.807, 2.05) is 4.90 Å². The van der Waals surface area contributed by atoms with E-state index in [1.54, 1.807) is 24.4 Å². The van der Waals surface area contributed by atoms with Crippen LogP contribution < -0.4 is 4.90 Å². The monoisotopic (exact) mass is 425 g/mol. The molecule has 2 unspecified atom stereocenters. The van der Waals surface area contributed by atoms with Gasteiger partial charge in [-0.05, 0) is 36.6 Å². The van der Waals surface area contributed by atoms with Crippen LogP contribution in [0.2, 0.25) is 0 Å². The minimum Gasteiger partial charge on any atom is -0.356 e.